The fraction of sp³-hybridized carbons (Fsp3) is 0.355. The molecule has 1 N–H and O–H groups in total. The summed E-state index contributed by atoms with van der Waals surface area (Å²) in [5.41, 5.74) is 1.16. The van der Waals surface area contributed by atoms with Crippen LogP contribution >= 0.6 is 23.2 Å². The van der Waals surface area contributed by atoms with Crippen LogP contribution in [0.25, 0.3) is 0 Å². The third-order valence-corrected chi connectivity index (χ3v) is 9.54. The van der Waals surface area contributed by atoms with Gasteiger partial charge in [-0.1, -0.05) is 91.5 Å². The molecular weight excluding hydrogens is 581 g/mol. The smallest absolute Gasteiger partial charge is 0.264 e. The molecule has 41 heavy (non-hydrogen) atoms. The van der Waals surface area contributed by atoms with Crippen molar-refractivity contribution >= 4 is 50.7 Å². The predicted octanol–water partition coefficient (Wildman–Crippen LogP) is 6.10. The van der Waals surface area contributed by atoms with Gasteiger partial charge in [-0.2, -0.15) is 0 Å². The van der Waals surface area contributed by atoms with Crippen LogP contribution in [0.2, 0.25) is 10.0 Å². The van der Waals surface area contributed by atoms with Crippen LogP contribution in [0.1, 0.15) is 44.6 Å². The van der Waals surface area contributed by atoms with E-state index in [0.29, 0.717) is 12.8 Å². The number of hydrogen-bond donors (Lipinski definition) is 1. The number of nitrogens with zero attached hydrogens (tertiary/aromatic N) is 2. The first-order chi connectivity index (χ1) is 19.7. The molecule has 0 aliphatic heterocycles. The second-order valence-corrected chi connectivity index (χ2v) is 12.9. The Balaban J connectivity index is 1.69. The van der Waals surface area contributed by atoms with E-state index in [1.807, 2.05) is 37.3 Å². The normalized spacial score (nSPS) is 14.4. The van der Waals surface area contributed by atoms with E-state index in [1.165, 1.54) is 35.2 Å². The summed E-state index contributed by atoms with van der Waals surface area (Å²) in [6.07, 6.45) is 4.85. The predicted molar refractivity (Wildman–Crippen MR) is 164 cm³/mol. The molecule has 0 saturated heterocycles. The first-order valence-electron chi connectivity index (χ1n) is 13.9. The molecule has 0 heterocycles. The van der Waals surface area contributed by atoms with Crippen molar-refractivity contribution in [2.24, 2.45) is 0 Å². The lowest BCUT2D eigenvalue weighted by Crippen LogP contribution is -2.54. The second kappa shape index (κ2) is 14.2. The van der Waals surface area contributed by atoms with Crippen molar-refractivity contribution in [2.45, 2.75) is 62.4 Å². The van der Waals surface area contributed by atoms with E-state index >= 15 is 0 Å². The second-order valence-electron chi connectivity index (χ2n) is 10.2. The van der Waals surface area contributed by atoms with E-state index in [9.17, 15) is 18.0 Å². The number of amides is 2. The summed E-state index contributed by atoms with van der Waals surface area (Å²) < 4.78 is 28.8. The van der Waals surface area contributed by atoms with Gasteiger partial charge < -0.3 is 10.2 Å². The van der Waals surface area contributed by atoms with E-state index in [-0.39, 0.29) is 39.1 Å². The lowest BCUT2D eigenvalue weighted by atomic mass is 10.1. The summed E-state index contributed by atoms with van der Waals surface area (Å²) in [6.45, 7) is 1.57. The first-order valence-corrected chi connectivity index (χ1v) is 16.1. The van der Waals surface area contributed by atoms with Gasteiger partial charge in [0, 0.05) is 22.6 Å². The maximum absolute atomic E-state index is 14.1. The number of hydrogen-bond acceptors (Lipinski definition) is 4. The van der Waals surface area contributed by atoms with Crippen LogP contribution < -0.4 is 9.62 Å². The third kappa shape index (κ3) is 8.03. The summed E-state index contributed by atoms with van der Waals surface area (Å²) in [5, 5.41) is 3.59. The lowest BCUT2D eigenvalue weighted by Gasteiger charge is -2.33. The number of nitrogens with one attached hydrogen (secondary N) is 1. The zero-order valence-corrected chi connectivity index (χ0v) is 25.3. The van der Waals surface area contributed by atoms with Gasteiger partial charge in [0.05, 0.1) is 10.6 Å². The number of sulfonamides is 1. The minimum absolute atomic E-state index is 0.0192. The van der Waals surface area contributed by atoms with E-state index in [2.05, 4.69) is 5.32 Å². The average molecular weight is 617 g/mol. The average Bonchev–Trinajstić information content (AvgIpc) is 3.47. The molecule has 0 bridgehead atoms. The quantitative estimate of drug-likeness (QED) is 0.267. The Kier molecular flexibility index (Phi) is 10.7. The van der Waals surface area contributed by atoms with Gasteiger partial charge in [0.2, 0.25) is 11.8 Å². The highest BCUT2D eigenvalue weighted by Gasteiger charge is 2.34. The molecule has 0 radical (unpaired) electrons. The van der Waals surface area contributed by atoms with Gasteiger partial charge in [0.1, 0.15) is 12.6 Å². The van der Waals surface area contributed by atoms with Gasteiger partial charge in [-0.05, 0) is 61.6 Å². The summed E-state index contributed by atoms with van der Waals surface area (Å²) >= 11 is 12.5. The Morgan fingerprint density at radius 3 is 2.10 bits per heavy atom. The van der Waals surface area contributed by atoms with Crippen LogP contribution in [0.3, 0.4) is 0 Å². The molecule has 1 aliphatic rings. The fourth-order valence-corrected chi connectivity index (χ4v) is 7.13. The Labute approximate surface area is 252 Å². The van der Waals surface area contributed by atoms with E-state index in [0.717, 1.165) is 35.6 Å². The van der Waals surface area contributed by atoms with Gasteiger partial charge in [0.25, 0.3) is 10.0 Å². The molecular formula is C31H35Cl2N3O4S. The molecule has 2 amide bonds. The van der Waals surface area contributed by atoms with Crippen LogP contribution in [0.4, 0.5) is 5.69 Å². The van der Waals surface area contributed by atoms with Crippen LogP contribution in [-0.4, -0.2) is 50.3 Å². The summed E-state index contributed by atoms with van der Waals surface area (Å²) in [5.74, 6) is -0.714. The van der Waals surface area contributed by atoms with Crippen molar-refractivity contribution in [3.8, 4) is 0 Å². The minimum Gasteiger partial charge on any atom is -0.352 e. The van der Waals surface area contributed by atoms with Crippen LogP contribution in [-0.2, 0) is 26.0 Å². The molecule has 218 valence electrons. The highest BCUT2D eigenvalue weighted by molar-refractivity contribution is 7.92. The van der Waals surface area contributed by atoms with Crippen LogP contribution in [0.5, 0.6) is 0 Å². The Bertz CT molecular complexity index is 1410. The van der Waals surface area contributed by atoms with Gasteiger partial charge in [0.15, 0.2) is 0 Å². The monoisotopic (exact) mass is 615 g/mol. The summed E-state index contributed by atoms with van der Waals surface area (Å²) in [7, 11) is -4.19. The molecule has 0 unspecified atom stereocenters. The van der Waals surface area contributed by atoms with E-state index in [4.69, 9.17) is 23.2 Å². The molecule has 1 aliphatic carbocycles. The molecule has 7 nitrogen and oxygen atoms in total. The molecule has 1 atom stereocenters. The van der Waals surface area contributed by atoms with Gasteiger partial charge >= 0.3 is 0 Å². The van der Waals surface area contributed by atoms with Gasteiger partial charge in [-0.15, -0.1) is 0 Å². The Morgan fingerprint density at radius 2 is 1.51 bits per heavy atom. The molecule has 1 fully saturated rings. The van der Waals surface area contributed by atoms with Crippen molar-refractivity contribution in [1.82, 2.24) is 10.2 Å². The molecule has 4 rings (SSSR count). The standard InChI is InChI=1S/C31H35Cl2N3O4S/c1-2-29(31(38)34-26-13-9-10-14-26)35(18-17-23-11-5-3-6-12-23)30(37)22-36(27-20-24(32)19-25(33)21-27)41(39,40)28-15-7-4-8-16-28/h3-8,11-12,15-16,19-21,26,29H,2,9-10,13-14,17-18,22H2,1H3,(H,34,38)/t29-/m0/s1. The number of rotatable bonds is 12. The van der Waals surface area contributed by atoms with Crippen molar-refractivity contribution in [3.05, 3.63) is 94.5 Å². The number of halogens is 2. The summed E-state index contributed by atoms with van der Waals surface area (Å²) in [4.78, 5) is 29.1. The maximum atomic E-state index is 14.1. The molecule has 0 spiro atoms. The molecule has 10 heteroatoms. The topological polar surface area (TPSA) is 86.8 Å². The van der Waals surface area contributed by atoms with Gasteiger partial charge in [-0.3, -0.25) is 13.9 Å². The van der Waals surface area contributed by atoms with Crippen LogP contribution in [0, 0.1) is 0 Å². The SMILES string of the molecule is CC[C@@H](C(=O)NC1CCCC1)N(CCc1ccccc1)C(=O)CN(c1cc(Cl)cc(Cl)c1)S(=O)(=O)c1ccccc1. The molecule has 0 aromatic heterocycles. The van der Waals surface area contributed by atoms with Crippen molar-refractivity contribution < 1.29 is 18.0 Å². The number of carbonyl (C=O) groups is 2. The van der Waals surface area contributed by atoms with Crippen molar-refractivity contribution in [1.29, 1.82) is 0 Å². The number of anilines is 1. The largest absolute Gasteiger partial charge is 0.352 e. The van der Waals surface area contributed by atoms with E-state index < -0.39 is 28.5 Å². The van der Waals surface area contributed by atoms with E-state index in [1.54, 1.807) is 18.2 Å². The number of benzene rings is 3. The van der Waals surface area contributed by atoms with Crippen molar-refractivity contribution in [3.63, 3.8) is 0 Å². The molecule has 3 aromatic rings. The number of carbonyl (C=O) groups excluding carboxylic acids is 2. The fourth-order valence-electron chi connectivity index (χ4n) is 5.20. The first kappa shape index (κ1) is 30.9. The Hall–Kier alpha value is -3.07. The third-order valence-electron chi connectivity index (χ3n) is 7.32. The highest BCUT2D eigenvalue weighted by atomic mass is 35.5. The molecule has 1 saturated carbocycles. The maximum Gasteiger partial charge on any atom is 0.264 e. The zero-order valence-electron chi connectivity index (χ0n) is 23.0. The lowest BCUT2D eigenvalue weighted by molar-refractivity contribution is -0.139. The zero-order chi connectivity index (χ0) is 29.4. The van der Waals surface area contributed by atoms with Crippen molar-refractivity contribution in [2.75, 3.05) is 17.4 Å². The Morgan fingerprint density at radius 1 is 0.927 bits per heavy atom. The summed E-state index contributed by atoms with van der Waals surface area (Å²) in [6, 6.07) is 21.3. The van der Waals surface area contributed by atoms with Gasteiger partial charge in [-0.25, -0.2) is 8.42 Å². The highest BCUT2D eigenvalue weighted by Crippen LogP contribution is 2.30. The van der Waals surface area contributed by atoms with Crippen LogP contribution in [0.15, 0.2) is 83.8 Å². The molecule has 3 aromatic carbocycles. The minimum atomic E-state index is -4.19.